The molecular formula is C19H21N5OS. The van der Waals surface area contributed by atoms with E-state index in [1.165, 1.54) is 0 Å². The molecule has 4 rings (SSSR count). The minimum absolute atomic E-state index is 0.0961. The molecule has 3 aromatic heterocycles. The van der Waals surface area contributed by atoms with E-state index in [2.05, 4.69) is 32.4 Å². The molecule has 1 atom stereocenters. The number of aromatic amines is 1. The standard InChI is InChI=1S/C19H21N5OS/c1-12-2-3-16-15(10-12)17(24-23-16)18(25)21-9-6-14-11-26-19(22-14)13-4-7-20-8-5-13/h4-5,7-8,11-12H,2-3,6,9-10H2,1H3,(H,21,25)(H,23,24)/t12-/m1/s1. The summed E-state index contributed by atoms with van der Waals surface area (Å²) < 4.78 is 0. The minimum atomic E-state index is -0.0961. The highest BCUT2D eigenvalue weighted by atomic mass is 32.1. The number of H-pyrrole nitrogens is 1. The van der Waals surface area contributed by atoms with Crippen molar-refractivity contribution in [2.45, 2.75) is 32.6 Å². The molecule has 134 valence electrons. The van der Waals surface area contributed by atoms with Gasteiger partial charge in [-0.15, -0.1) is 11.3 Å². The van der Waals surface area contributed by atoms with Crippen LogP contribution in [0.3, 0.4) is 0 Å². The summed E-state index contributed by atoms with van der Waals surface area (Å²) >= 11 is 1.61. The zero-order chi connectivity index (χ0) is 17.9. The molecule has 6 nitrogen and oxygen atoms in total. The third-order valence-electron chi connectivity index (χ3n) is 4.75. The number of hydrogen-bond donors (Lipinski definition) is 2. The van der Waals surface area contributed by atoms with Gasteiger partial charge in [0, 0.05) is 47.6 Å². The first kappa shape index (κ1) is 16.9. The maximum atomic E-state index is 12.5. The summed E-state index contributed by atoms with van der Waals surface area (Å²) in [5, 5.41) is 13.3. The molecule has 0 saturated carbocycles. The molecule has 1 aliphatic rings. The van der Waals surface area contributed by atoms with Gasteiger partial charge in [-0.05, 0) is 37.3 Å². The number of amides is 1. The van der Waals surface area contributed by atoms with E-state index in [9.17, 15) is 4.79 Å². The second-order valence-corrected chi connectivity index (χ2v) is 7.62. The first-order chi connectivity index (χ1) is 12.7. The maximum Gasteiger partial charge on any atom is 0.272 e. The van der Waals surface area contributed by atoms with Crippen LogP contribution < -0.4 is 5.32 Å². The molecule has 0 unspecified atom stereocenters. The molecule has 0 bridgehead atoms. The molecule has 26 heavy (non-hydrogen) atoms. The Morgan fingerprint density at radius 3 is 3.08 bits per heavy atom. The molecule has 0 spiro atoms. The number of aromatic nitrogens is 4. The molecule has 2 N–H and O–H groups in total. The minimum Gasteiger partial charge on any atom is -0.350 e. The summed E-state index contributed by atoms with van der Waals surface area (Å²) in [4.78, 5) is 21.1. The first-order valence-corrected chi connectivity index (χ1v) is 9.78. The van der Waals surface area contributed by atoms with Crippen molar-refractivity contribution in [3.63, 3.8) is 0 Å². The van der Waals surface area contributed by atoms with Gasteiger partial charge in [0.2, 0.25) is 0 Å². The second kappa shape index (κ2) is 7.37. The number of hydrogen-bond acceptors (Lipinski definition) is 5. The van der Waals surface area contributed by atoms with Crippen LogP contribution >= 0.6 is 11.3 Å². The quantitative estimate of drug-likeness (QED) is 0.726. The normalized spacial score (nSPS) is 16.3. The van der Waals surface area contributed by atoms with E-state index in [-0.39, 0.29) is 5.91 Å². The van der Waals surface area contributed by atoms with Crippen molar-refractivity contribution in [1.29, 1.82) is 0 Å². The van der Waals surface area contributed by atoms with Crippen molar-refractivity contribution in [1.82, 2.24) is 25.5 Å². The van der Waals surface area contributed by atoms with Crippen LogP contribution in [-0.4, -0.2) is 32.6 Å². The van der Waals surface area contributed by atoms with E-state index >= 15 is 0 Å². The molecular weight excluding hydrogens is 346 g/mol. The Kier molecular flexibility index (Phi) is 4.79. The van der Waals surface area contributed by atoms with Crippen molar-refractivity contribution in [2.75, 3.05) is 6.54 Å². The summed E-state index contributed by atoms with van der Waals surface area (Å²) in [7, 11) is 0. The van der Waals surface area contributed by atoms with Crippen LogP contribution in [0.2, 0.25) is 0 Å². The van der Waals surface area contributed by atoms with E-state index in [0.29, 0.717) is 24.6 Å². The number of carbonyl (C=O) groups excluding carboxylic acids is 1. The lowest BCUT2D eigenvalue weighted by molar-refractivity contribution is 0.0948. The molecule has 1 amide bonds. The predicted molar refractivity (Wildman–Crippen MR) is 101 cm³/mol. The summed E-state index contributed by atoms with van der Waals surface area (Å²) in [5.74, 6) is 0.509. The SMILES string of the molecule is C[C@@H]1CCc2[nH]nc(C(=O)NCCc3csc(-c4ccncc4)n3)c2C1. The largest absolute Gasteiger partial charge is 0.350 e. The Hall–Kier alpha value is -2.54. The van der Waals surface area contributed by atoms with Crippen molar-refractivity contribution in [3.8, 4) is 10.6 Å². The van der Waals surface area contributed by atoms with Crippen LogP contribution in [0.1, 0.15) is 40.8 Å². The monoisotopic (exact) mass is 367 g/mol. The maximum absolute atomic E-state index is 12.5. The zero-order valence-corrected chi connectivity index (χ0v) is 15.5. The Morgan fingerprint density at radius 2 is 2.23 bits per heavy atom. The van der Waals surface area contributed by atoms with E-state index in [1.54, 1.807) is 23.7 Å². The molecule has 3 aromatic rings. The summed E-state index contributed by atoms with van der Waals surface area (Å²) in [6.45, 7) is 2.77. The second-order valence-electron chi connectivity index (χ2n) is 6.76. The number of aryl methyl sites for hydroxylation is 1. The smallest absolute Gasteiger partial charge is 0.272 e. The topological polar surface area (TPSA) is 83.6 Å². The lowest BCUT2D eigenvalue weighted by atomic mass is 9.87. The number of nitrogens with one attached hydrogen (secondary N) is 2. The lowest BCUT2D eigenvalue weighted by Crippen LogP contribution is -2.27. The van der Waals surface area contributed by atoms with Gasteiger partial charge >= 0.3 is 0 Å². The summed E-state index contributed by atoms with van der Waals surface area (Å²) in [6.07, 6.45) is 7.30. The van der Waals surface area contributed by atoms with E-state index in [0.717, 1.165) is 46.8 Å². The lowest BCUT2D eigenvalue weighted by Gasteiger charge is -2.17. The summed E-state index contributed by atoms with van der Waals surface area (Å²) in [5.41, 5.74) is 4.82. The number of fused-ring (bicyclic) bond motifs is 1. The fourth-order valence-electron chi connectivity index (χ4n) is 3.29. The molecule has 0 aliphatic heterocycles. The number of nitrogens with zero attached hydrogens (tertiary/aromatic N) is 3. The Morgan fingerprint density at radius 1 is 1.38 bits per heavy atom. The number of thiazole rings is 1. The van der Waals surface area contributed by atoms with Crippen molar-refractivity contribution in [2.24, 2.45) is 5.92 Å². The van der Waals surface area contributed by atoms with Gasteiger partial charge in [0.05, 0.1) is 5.69 Å². The van der Waals surface area contributed by atoms with Gasteiger partial charge in [-0.3, -0.25) is 14.9 Å². The van der Waals surface area contributed by atoms with E-state index < -0.39 is 0 Å². The van der Waals surface area contributed by atoms with Gasteiger partial charge in [0.15, 0.2) is 5.69 Å². The number of pyridine rings is 1. The third-order valence-corrected chi connectivity index (χ3v) is 5.69. The van der Waals surface area contributed by atoms with Gasteiger partial charge in [-0.25, -0.2) is 4.98 Å². The molecule has 7 heteroatoms. The number of rotatable bonds is 5. The highest BCUT2D eigenvalue weighted by Crippen LogP contribution is 2.26. The van der Waals surface area contributed by atoms with Crippen molar-refractivity contribution in [3.05, 3.63) is 52.6 Å². The van der Waals surface area contributed by atoms with Gasteiger partial charge < -0.3 is 5.32 Å². The Bertz CT molecular complexity index is 902. The van der Waals surface area contributed by atoms with Gasteiger partial charge in [0.1, 0.15) is 5.01 Å². The molecule has 3 heterocycles. The van der Waals surface area contributed by atoms with Crippen molar-refractivity contribution >= 4 is 17.2 Å². The third kappa shape index (κ3) is 3.53. The molecule has 0 saturated heterocycles. The Balaban J connectivity index is 1.35. The highest BCUT2D eigenvalue weighted by Gasteiger charge is 2.24. The first-order valence-electron chi connectivity index (χ1n) is 8.90. The zero-order valence-electron chi connectivity index (χ0n) is 14.7. The Labute approximate surface area is 156 Å². The van der Waals surface area contributed by atoms with Gasteiger partial charge in [-0.2, -0.15) is 5.10 Å². The number of carbonyl (C=O) groups is 1. The molecule has 0 radical (unpaired) electrons. The highest BCUT2D eigenvalue weighted by molar-refractivity contribution is 7.13. The fourth-order valence-corrected chi connectivity index (χ4v) is 4.15. The van der Waals surface area contributed by atoms with Gasteiger partial charge in [-0.1, -0.05) is 6.92 Å². The average Bonchev–Trinajstić information content (AvgIpc) is 3.29. The van der Waals surface area contributed by atoms with Crippen LogP contribution in [0.15, 0.2) is 29.9 Å². The van der Waals surface area contributed by atoms with Crippen LogP contribution in [0.25, 0.3) is 10.6 Å². The van der Waals surface area contributed by atoms with Gasteiger partial charge in [0.25, 0.3) is 5.91 Å². The van der Waals surface area contributed by atoms with E-state index in [1.807, 2.05) is 17.5 Å². The molecule has 1 aliphatic carbocycles. The fraction of sp³-hybridized carbons (Fsp3) is 0.368. The van der Waals surface area contributed by atoms with E-state index in [4.69, 9.17) is 0 Å². The van der Waals surface area contributed by atoms with Crippen LogP contribution in [-0.2, 0) is 19.3 Å². The average molecular weight is 367 g/mol. The van der Waals surface area contributed by atoms with Crippen molar-refractivity contribution < 1.29 is 4.79 Å². The molecule has 0 fully saturated rings. The van der Waals surface area contributed by atoms with Crippen LogP contribution in [0.5, 0.6) is 0 Å². The van der Waals surface area contributed by atoms with Crippen LogP contribution in [0, 0.1) is 5.92 Å². The molecule has 0 aromatic carbocycles. The summed E-state index contributed by atoms with van der Waals surface area (Å²) in [6, 6.07) is 3.90. The predicted octanol–water partition coefficient (Wildman–Crippen LogP) is 3.03. The van der Waals surface area contributed by atoms with Crippen LogP contribution in [0.4, 0.5) is 0 Å².